The number of hydrogen-bond donors (Lipinski definition) is 4. The summed E-state index contributed by atoms with van der Waals surface area (Å²) in [6.07, 6.45) is 5.83. The molecule has 1 aliphatic carbocycles. The fourth-order valence-electron chi connectivity index (χ4n) is 3.70. The van der Waals surface area contributed by atoms with Crippen LogP contribution in [0.15, 0.2) is 18.3 Å². The number of carbonyl (C=O) groups excluding carboxylic acids is 2. The van der Waals surface area contributed by atoms with Gasteiger partial charge in [0, 0.05) is 0 Å². The molecule has 2 aromatic rings. The van der Waals surface area contributed by atoms with Gasteiger partial charge < -0.3 is 5.32 Å². The highest BCUT2D eigenvalue weighted by Crippen LogP contribution is 2.30. The van der Waals surface area contributed by atoms with Gasteiger partial charge in [-0.3, -0.25) is 25.6 Å². The zero-order valence-corrected chi connectivity index (χ0v) is 17.5. The Kier molecular flexibility index (Phi) is 7.82. The van der Waals surface area contributed by atoms with Gasteiger partial charge in [0.25, 0.3) is 0 Å². The van der Waals surface area contributed by atoms with Crippen LogP contribution < -0.4 is 16.2 Å². The molecule has 1 aliphatic rings. The van der Waals surface area contributed by atoms with Crippen molar-refractivity contribution in [2.45, 2.75) is 39.0 Å². The first kappa shape index (κ1) is 23.3. The van der Waals surface area contributed by atoms with Crippen molar-refractivity contribution in [2.24, 2.45) is 11.8 Å². The average Bonchev–Trinajstić information content (AvgIpc) is 3.29. The van der Waals surface area contributed by atoms with Crippen LogP contribution in [0.5, 0.6) is 0 Å². The zero-order chi connectivity index (χ0) is 23.1. The van der Waals surface area contributed by atoms with Crippen LogP contribution in [0.1, 0.15) is 37.9 Å². The fourth-order valence-corrected chi connectivity index (χ4v) is 3.70. The summed E-state index contributed by atoms with van der Waals surface area (Å²) in [6, 6.07) is 2.48. The highest BCUT2D eigenvalue weighted by atomic mass is 19.1. The lowest BCUT2D eigenvalue weighted by atomic mass is 9.92. The van der Waals surface area contributed by atoms with Crippen molar-refractivity contribution in [1.82, 2.24) is 25.4 Å². The Morgan fingerprint density at radius 3 is 2.66 bits per heavy atom. The Morgan fingerprint density at radius 2 is 2.00 bits per heavy atom. The van der Waals surface area contributed by atoms with Gasteiger partial charge in [-0.05, 0) is 31.4 Å². The van der Waals surface area contributed by atoms with Gasteiger partial charge >= 0.3 is 0 Å². The van der Waals surface area contributed by atoms with Gasteiger partial charge in [-0.15, -0.1) is 0 Å². The molecule has 32 heavy (non-hydrogen) atoms. The van der Waals surface area contributed by atoms with E-state index in [2.05, 4.69) is 31.1 Å². The number of carbonyl (C=O) groups is 2. The molecule has 0 saturated heterocycles. The predicted octanol–water partition coefficient (Wildman–Crippen LogP) is 2.69. The monoisotopic (exact) mass is 449 g/mol. The molecule has 2 heterocycles. The van der Waals surface area contributed by atoms with E-state index in [0.717, 1.165) is 37.9 Å². The standard InChI is InChI=1S/C20H25F2N7O3/c1-12-24-18(26-16-7-6-15(21)9-23-16)17(22)19(25-12)27-28-20(31)14(10-29(32)11-30)8-13-4-2-3-5-13/h6-7,9,11,13-14,32H,2-5,8,10H2,1H3,(H,28,31)(H2,23,24,25,26,27). The second kappa shape index (κ2) is 10.8. The lowest BCUT2D eigenvalue weighted by Gasteiger charge is -2.22. The van der Waals surface area contributed by atoms with Gasteiger partial charge in [0.05, 0.1) is 18.7 Å². The van der Waals surface area contributed by atoms with Gasteiger partial charge in [-0.25, -0.2) is 24.4 Å². The number of amides is 2. The first-order valence-electron chi connectivity index (χ1n) is 10.2. The van der Waals surface area contributed by atoms with Crippen molar-refractivity contribution in [2.75, 3.05) is 17.3 Å². The summed E-state index contributed by atoms with van der Waals surface area (Å²) in [5, 5.41) is 12.6. The lowest BCUT2D eigenvalue weighted by Crippen LogP contribution is -2.41. The molecule has 1 unspecified atom stereocenters. The smallest absolute Gasteiger partial charge is 0.243 e. The van der Waals surface area contributed by atoms with Crippen molar-refractivity contribution < 1.29 is 23.6 Å². The van der Waals surface area contributed by atoms with Crippen LogP contribution >= 0.6 is 0 Å². The summed E-state index contributed by atoms with van der Waals surface area (Å²) in [4.78, 5) is 35.2. The molecule has 172 valence electrons. The Labute approximate surface area is 183 Å². The van der Waals surface area contributed by atoms with E-state index in [0.29, 0.717) is 17.4 Å². The molecule has 0 aromatic carbocycles. The number of halogens is 2. The Balaban J connectivity index is 1.69. The molecule has 10 nitrogen and oxygen atoms in total. The highest BCUT2D eigenvalue weighted by molar-refractivity contribution is 5.80. The Morgan fingerprint density at radius 1 is 1.28 bits per heavy atom. The quantitative estimate of drug-likeness (QED) is 0.247. The lowest BCUT2D eigenvalue weighted by molar-refractivity contribution is -0.154. The van der Waals surface area contributed by atoms with E-state index in [-0.39, 0.29) is 36.2 Å². The molecule has 0 aliphatic heterocycles. The summed E-state index contributed by atoms with van der Waals surface area (Å²) in [7, 11) is 0. The first-order valence-corrected chi connectivity index (χ1v) is 10.2. The molecule has 0 spiro atoms. The highest BCUT2D eigenvalue weighted by Gasteiger charge is 2.27. The Hall–Kier alpha value is -3.41. The van der Waals surface area contributed by atoms with Crippen molar-refractivity contribution in [3.05, 3.63) is 35.8 Å². The molecule has 0 radical (unpaired) electrons. The summed E-state index contributed by atoms with van der Waals surface area (Å²) in [5.74, 6) is -2.41. The number of hydroxylamine groups is 2. The van der Waals surface area contributed by atoms with Crippen molar-refractivity contribution in [1.29, 1.82) is 0 Å². The molecular formula is C20H25F2N7O3. The van der Waals surface area contributed by atoms with Crippen molar-refractivity contribution in [3.8, 4) is 0 Å². The van der Waals surface area contributed by atoms with E-state index in [4.69, 9.17) is 0 Å². The van der Waals surface area contributed by atoms with E-state index in [9.17, 15) is 23.6 Å². The molecule has 3 rings (SSSR count). The van der Waals surface area contributed by atoms with Crippen LogP contribution in [0.4, 0.5) is 26.2 Å². The molecule has 1 atom stereocenters. The van der Waals surface area contributed by atoms with E-state index in [1.165, 1.54) is 13.0 Å². The number of hydrogen-bond acceptors (Lipinski definition) is 8. The molecule has 2 aromatic heterocycles. The van der Waals surface area contributed by atoms with Crippen LogP contribution in [0.25, 0.3) is 0 Å². The van der Waals surface area contributed by atoms with Gasteiger partial charge in [-0.1, -0.05) is 25.7 Å². The number of hydrazine groups is 1. The maximum absolute atomic E-state index is 14.9. The minimum absolute atomic E-state index is 0.173. The van der Waals surface area contributed by atoms with Gasteiger partial charge in [0.15, 0.2) is 11.6 Å². The molecule has 2 amide bonds. The van der Waals surface area contributed by atoms with Crippen LogP contribution in [0.2, 0.25) is 0 Å². The molecule has 1 fully saturated rings. The van der Waals surface area contributed by atoms with Gasteiger partial charge in [-0.2, -0.15) is 4.39 Å². The molecule has 4 N–H and O–H groups in total. The summed E-state index contributed by atoms with van der Waals surface area (Å²) in [5.41, 5.74) is 4.85. The van der Waals surface area contributed by atoms with Crippen LogP contribution in [-0.4, -0.2) is 44.1 Å². The third-order valence-corrected chi connectivity index (χ3v) is 5.23. The van der Waals surface area contributed by atoms with E-state index in [1.54, 1.807) is 0 Å². The van der Waals surface area contributed by atoms with Gasteiger partial charge in [0.1, 0.15) is 17.5 Å². The number of rotatable bonds is 10. The normalized spacial score (nSPS) is 14.6. The Bertz CT molecular complexity index is 940. The second-order valence-corrected chi connectivity index (χ2v) is 7.69. The topological polar surface area (TPSA) is 132 Å². The first-order chi connectivity index (χ1) is 15.4. The number of nitrogens with one attached hydrogen (secondary N) is 3. The van der Waals surface area contributed by atoms with Crippen molar-refractivity contribution >= 4 is 29.8 Å². The van der Waals surface area contributed by atoms with Crippen LogP contribution in [0, 0.1) is 30.4 Å². The number of aromatic nitrogens is 3. The summed E-state index contributed by atoms with van der Waals surface area (Å²) >= 11 is 0. The number of aryl methyl sites for hydroxylation is 1. The third-order valence-electron chi connectivity index (χ3n) is 5.23. The number of pyridine rings is 1. The average molecular weight is 449 g/mol. The zero-order valence-electron chi connectivity index (χ0n) is 17.5. The summed E-state index contributed by atoms with van der Waals surface area (Å²) < 4.78 is 27.9. The second-order valence-electron chi connectivity index (χ2n) is 7.69. The SMILES string of the molecule is Cc1nc(NNC(=O)C(CC2CCCC2)CN(O)C=O)c(F)c(Nc2ccc(F)cn2)n1. The maximum Gasteiger partial charge on any atom is 0.243 e. The summed E-state index contributed by atoms with van der Waals surface area (Å²) in [6.45, 7) is 1.36. The van der Waals surface area contributed by atoms with Crippen LogP contribution in [-0.2, 0) is 9.59 Å². The van der Waals surface area contributed by atoms with E-state index in [1.807, 2.05) is 0 Å². The van der Waals surface area contributed by atoms with E-state index >= 15 is 0 Å². The maximum atomic E-state index is 14.9. The third kappa shape index (κ3) is 6.30. The molecule has 12 heteroatoms. The molecule has 0 bridgehead atoms. The number of nitrogens with zero attached hydrogens (tertiary/aromatic N) is 4. The number of anilines is 3. The minimum atomic E-state index is -0.883. The minimum Gasteiger partial charge on any atom is -0.322 e. The molecule has 1 saturated carbocycles. The fraction of sp³-hybridized carbons (Fsp3) is 0.450. The van der Waals surface area contributed by atoms with E-state index < -0.39 is 23.5 Å². The van der Waals surface area contributed by atoms with Crippen LogP contribution in [0.3, 0.4) is 0 Å². The van der Waals surface area contributed by atoms with Gasteiger partial charge in [0.2, 0.25) is 18.1 Å². The largest absolute Gasteiger partial charge is 0.322 e. The predicted molar refractivity (Wildman–Crippen MR) is 111 cm³/mol. The molecular weight excluding hydrogens is 424 g/mol. The van der Waals surface area contributed by atoms with Crippen molar-refractivity contribution in [3.63, 3.8) is 0 Å².